The van der Waals surface area contributed by atoms with Crippen LogP contribution < -0.4 is 4.74 Å². The van der Waals surface area contributed by atoms with Gasteiger partial charge < -0.3 is 14.7 Å². The van der Waals surface area contributed by atoms with Crippen molar-refractivity contribution in [2.24, 2.45) is 0 Å². The van der Waals surface area contributed by atoms with Crippen molar-refractivity contribution in [1.82, 2.24) is 9.88 Å². The maximum Gasteiger partial charge on any atom is 0.295 e. The van der Waals surface area contributed by atoms with Crippen molar-refractivity contribution >= 4 is 29.1 Å². The second-order valence-corrected chi connectivity index (χ2v) is 7.51. The number of rotatable bonds is 5. The van der Waals surface area contributed by atoms with E-state index in [1.807, 2.05) is 6.07 Å². The molecule has 7 heteroatoms. The summed E-state index contributed by atoms with van der Waals surface area (Å²) in [6.07, 6.45) is 3.27. The van der Waals surface area contributed by atoms with E-state index in [9.17, 15) is 14.7 Å². The number of likely N-dealkylation sites (tertiary alicyclic amines) is 1. The van der Waals surface area contributed by atoms with Gasteiger partial charge in [0.25, 0.3) is 11.7 Å². The molecule has 1 atom stereocenters. The summed E-state index contributed by atoms with van der Waals surface area (Å²) in [7, 11) is 1.51. The Hall–Kier alpha value is -3.64. The van der Waals surface area contributed by atoms with Crippen LogP contribution in [0.5, 0.6) is 5.75 Å². The Morgan fingerprint density at radius 3 is 2.65 bits per heavy atom. The molecule has 1 amide bonds. The fourth-order valence-corrected chi connectivity index (χ4v) is 3.88. The molecule has 1 N–H and O–H groups in total. The fraction of sp³-hybridized carbons (Fsp3) is 0.125. The van der Waals surface area contributed by atoms with Crippen molar-refractivity contribution in [3.63, 3.8) is 0 Å². The summed E-state index contributed by atoms with van der Waals surface area (Å²) in [6, 6.07) is 16.4. The van der Waals surface area contributed by atoms with Gasteiger partial charge in [-0.05, 0) is 41.5 Å². The molecule has 0 bridgehead atoms. The molecule has 1 aliphatic rings. The number of ether oxygens (including phenoxy) is 1. The Kier molecular flexibility index (Phi) is 5.73. The van der Waals surface area contributed by atoms with Gasteiger partial charge in [0.1, 0.15) is 11.5 Å². The molecule has 0 aliphatic carbocycles. The Morgan fingerprint density at radius 1 is 1.13 bits per heavy atom. The van der Waals surface area contributed by atoms with Crippen molar-refractivity contribution in [3.8, 4) is 5.75 Å². The van der Waals surface area contributed by atoms with Crippen LogP contribution in [-0.2, 0) is 16.1 Å². The lowest BCUT2D eigenvalue weighted by atomic mass is 9.95. The summed E-state index contributed by atoms with van der Waals surface area (Å²) < 4.78 is 5.22. The molecule has 1 aliphatic heterocycles. The third-order valence-electron chi connectivity index (χ3n) is 5.12. The number of hydrogen-bond acceptors (Lipinski definition) is 5. The Bertz CT molecular complexity index is 1180. The number of nitrogens with zero attached hydrogens (tertiary/aromatic N) is 2. The lowest BCUT2D eigenvalue weighted by molar-refractivity contribution is -0.140. The van der Waals surface area contributed by atoms with Gasteiger partial charge in [0.05, 0.1) is 18.7 Å². The van der Waals surface area contributed by atoms with Crippen LogP contribution in [0.1, 0.15) is 22.7 Å². The minimum Gasteiger partial charge on any atom is -0.507 e. The first-order valence-electron chi connectivity index (χ1n) is 9.57. The van der Waals surface area contributed by atoms with E-state index in [0.717, 1.165) is 5.56 Å². The number of Topliss-reactive ketones (excluding diaryl/α,β-unsaturated/α-hetero) is 1. The summed E-state index contributed by atoms with van der Waals surface area (Å²) >= 11 is 6.19. The molecule has 0 radical (unpaired) electrons. The van der Waals surface area contributed by atoms with E-state index in [0.29, 0.717) is 21.9 Å². The molecular weight excluding hydrogens is 416 g/mol. The zero-order chi connectivity index (χ0) is 22.0. The van der Waals surface area contributed by atoms with Gasteiger partial charge in [-0.1, -0.05) is 41.9 Å². The average molecular weight is 435 g/mol. The first-order valence-corrected chi connectivity index (χ1v) is 9.94. The minimum atomic E-state index is -0.801. The van der Waals surface area contributed by atoms with Crippen LogP contribution in [-0.4, -0.2) is 33.8 Å². The highest BCUT2D eigenvalue weighted by molar-refractivity contribution is 6.46. The minimum absolute atomic E-state index is 0.00408. The van der Waals surface area contributed by atoms with Crippen molar-refractivity contribution in [3.05, 3.63) is 100 Å². The quantitative estimate of drug-likeness (QED) is 0.366. The van der Waals surface area contributed by atoms with Gasteiger partial charge in [0.2, 0.25) is 0 Å². The van der Waals surface area contributed by atoms with Crippen LogP contribution in [0, 0.1) is 0 Å². The van der Waals surface area contributed by atoms with Gasteiger partial charge in [-0.2, -0.15) is 0 Å². The van der Waals surface area contributed by atoms with E-state index < -0.39 is 17.7 Å². The Morgan fingerprint density at radius 2 is 1.94 bits per heavy atom. The van der Waals surface area contributed by atoms with Crippen LogP contribution in [0.3, 0.4) is 0 Å². The molecule has 1 unspecified atom stereocenters. The number of aliphatic hydroxyl groups is 1. The highest BCUT2D eigenvalue weighted by Crippen LogP contribution is 2.41. The average Bonchev–Trinajstić information content (AvgIpc) is 3.04. The molecule has 4 rings (SSSR count). The van der Waals surface area contributed by atoms with E-state index in [1.54, 1.807) is 67.0 Å². The second-order valence-electron chi connectivity index (χ2n) is 7.08. The van der Waals surface area contributed by atoms with Crippen LogP contribution >= 0.6 is 11.6 Å². The number of methoxy groups -OCH3 is 1. The molecule has 2 aromatic carbocycles. The lowest BCUT2D eigenvalue weighted by Crippen LogP contribution is -2.29. The number of ketones is 1. The fourth-order valence-electron chi connectivity index (χ4n) is 3.68. The zero-order valence-corrected chi connectivity index (χ0v) is 17.4. The summed E-state index contributed by atoms with van der Waals surface area (Å²) in [5.41, 5.74) is 1.77. The zero-order valence-electron chi connectivity index (χ0n) is 16.7. The number of pyridine rings is 1. The summed E-state index contributed by atoms with van der Waals surface area (Å²) in [4.78, 5) is 31.6. The van der Waals surface area contributed by atoms with E-state index >= 15 is 0 Å². The van der Waals surface area contributed by atoms with E-state index in [2.05, 4.69) is 4.98 Å². The van der Waals surface area contributed by atoms with Gasteiger partial charge in [-0.3, -0.25) is 14.6 Å². The third-order valence-corrected chi connectivity index (χ3v) is 5.36. The predicted molar refractivity (Wildman–Crippen MR) is 117 cm³/mol. The molecule has 1 fully saturated rings. The SMILES string of the molecule is COc1cccc(/C(O)=C2\C(=O)C(=O)N(Cc3cccnc3)C2c2cccc(Cl)c2)c1. The van der Waals surface area contributed by atoms with E-state index in [-0.39, 0.29) is 17.9 Å². The van der Waals surface area contributed by atoms with Gasteiger partial charge >= 0.3 is 0 Å². The molecule has 0 saturated carbocycles. The van der Waals surface area contributed by atoms with Crippen molar-refractivity contribution in [2.45, 2.75) is 12.6 Å². The summed E-state index contributed by atoms with van der Waals surface area (Å²) in [5, 5.41) is 11.6. The Balaban J connectivity index is 1.87. The normalized spacial score (nSPS) is 17.7. The largest absolute Gasteiger partial charge is 0.507 e. The van der Waals surface area contributed by atoms with Gasteiger partial charge in [-0.25, -0.2) is 0 Å². The molecule has 31 heavy (non-hydrogen) atoms. The number of benzene rings is 2. The van der Waals surface area contributed by atoms with Crippen molar-refractivity contribution in [2.75, 3.05) is 7.11 Å². The number of halogens is 1. The number of aliphatic hydroxyl groups excluding tert-OH is 1. The smallest absolute Gasteiger partial charge is 0.295 e. The van der Waals surface area contributed by atoms with Crippen LogP contribution in [0.4, 0.5) is 0 Å². The van der Waals surface area contributed by atoms with Gasteiger partial charge in [-0.15, -0.1) is 0 Å². The first-order chi connectivity index (χ1) is 15.0. The molecule has 6 nitrogen and oxygen atoms in total. The topological polar surface area (TPSA) is 79.7 Å². The van der Waals surface area contributed by atoms with Crippen LogP contribution in [0.25, 0.3) is 5.76 Å². The maximum atomic E-state index is 13.1. The number of hydrogen-bond donors (Lipinski definition) is 1. The molecule has 156 valence electrons. The molecule has 1 aromatic heterocycles. The lowest BCUT2D eigenvalue weighted by Gasteiger charge is -2.25. The highest BCUT2D eigenvalue weighted by atomic mass is 35.5. The number of carbonyl (C=O) groups excluding carboxylic acids is 2. The number of carbonyl (C=O) groups is 2. The van der Waals surface area contributed by atoms with Crippen LogP contribution in [0.15, 0.2) is 78.6 Å². The van der Waals surface area contributed by atoms with Crippen molar-refractivity contribution in [1.29, 1.82) is 0 Å². The van der Waals surface area contributed by atoms with E-state index in [1.165, 1.54) is 12.0 Å². The second kappa shape index (κ2) is 8.62. The highest BCUT2D eigenvalue weighted by Gasteiger charge is 2.46. The van der Waals surface area contributed by atoms with Crippen LogP contribution in [0.2, 0.25) is 5.02 Å². The molecule has 1 saturated heterocycles. The van der Waals surface area contributed by atoms with E-state index in [4.69, 9.17) is 16.3 Å². The standard InChI is InChI=1S/C24H19ClN2O4/c1-31-19-9-3-7-17(12-19)22(28)20-21(16-6-2-8-18(25)11-16)27(24(30)23(20)29)14-15-5-4-10-26-13-15/h2-13,21,28H,14H2,1H3/b22-20+. The molecular formula is C24H19ClN2O4. The third kappa shape index (κ3) is 4.02. The monoisotopic (exact) mass is 434 g/mol. The van der Waals surface area contributed by atoms with Crippen molar-refractivity contribution < 1.29 is 19.4 Å². The molecule has 0 spiro atoms. The number of aromatic nitrogens is 1. The van der Waals surface area contributed by atoms with Gasteiger partial charge in [0, 0.05) is 29.5 Å². The Labute approximate surface area is 184 Å². The molecule has 2 heterocycles. The van der Waals surface area contributed by atoms with Gasteiger partial charge in [0.15, 0.2) is 0 Å². The molecule has 3 aromatic rings. The maximum absolute atomic E-state index is 13.1. The summed E-state index contributed by atoms with van der Waals surface area (Å²) in [5.74, 6) is -1.20. The predicted octanol–water partition coefficient (Wildman–Crippen LogP) is 4.37. The summed E-state index contributed by atoms with van der Waals surface area (Å²) in [6.45, 7) is 0.157. The number of amides is 1. The first kappa shape index (κ1) is 20.6.